The molecule has 0 aliphatic carbocycles. The van der Waals surface area contributed by atoms with Gasteiger partial charge in [0.2, 0.25) is 0 Å². The Kier molecular flexibility index (Phi) is 6.84. The van der Waals surface area contributed by atoms with Crippen LogP contribution in [-0.4, -0.2) is 60.0 Å². The molecule has 2 aromatic carbocycles. The number of likely N-dealkylation sites (tertiary alicyclic amines) is 1. The summed E-state index contributed by atoms with van der Waals surface area (Å²) in [6.07, 6.45) is 1.77. The van der Waals surface area contributed by atoms with Crippen LogP contribution in [0.2, 0.25) is 0 Å². The van der Waals surface area contributed by atoms with Crippen molar-refractivity contribution in [2.24, 2.45) is 5.92 Å². The molecule has 6 rings (SSSR count). The van der Waals surface area contributed by atoms with Crippen LogP contribution >= 0.6 is 11.8 Å². The molecule has 4 aliphatic rings. The number of piperidine rings is 1. The number of nitrogens with one attached hydrogen (secondary N) is 3. The van der Waals surface area contributed by atoms with E-state index in [0.717, 1.165) is 60.9 Å². The van der Waals surface area contributed by atoms with Gasteiger partial charge in [0.15, 0.2) is 0 Å². The molecule has 2 aromatic rings. The highest BCUT2D eigenvalue weighted by Crippen LogP contribution is 2.48. The molecule has 3 fully saturated rings. The number of rotatable bonds is 6. The zero-order valence-corrected chi connectivity index (χ0v) is 22.9. The number of urea groups is 1. The second-order valence-corrected chi connectivity index (χ2v) is 12.0. The van der Waals surface area contributed by atoms with E-state index in [-0.39, 0.29) is 35.3 Å². The monoisotopic (exact) mass is 533 g/mol. The Hall–Kier alpha value is -3.01. The second-order valence-electron chi connectivity index (χ2n) is 10.8. The quantitative estimate of drug-likeness (QED) is 0.517. The zero-order valence-electron chi connectivity index (χ0n) is 22.1. The fourth-order valence-electron chi connectivity index (χ4n) is 6.11. The maximum absolute atomic E-state index is 13.6. The lowest BCUT2D eigenvalue weighted by Crippen LogP contribution is -2.62. The predicted octanol–water partition coefficient (Wildman–Crippen LogP) is 4.18. The van der Waals surface area contributed by atoms with E-state index in [1.54, 1.807) is 11.8 Å². The van der Waals surface area contributed by atoms with E-state index in [0.29, 0.717) is 10.9 Å². The van der Waals surface area contributed by atoms with Crippen molar-refractivity contribution in [1.82, 2.24) is 20.9 Å². The van der Waals surface area contributed by atoms with Crippen molar-refractivity contribution in [3.05, 3.63) is 64.7 Å². The summed E-state index contributed by atoms with van der Waals surface area (Å²) in [5.74, 6) is 1.47. The number of aryl methyl sites for hydroxylation is 1. The molecule has 3 amide bonds. The summed E-state index contributed by atoms with van der Waals surface area (Å²) in [6.45, 7) is 9.05. The van der Waals surface area contributed by atoms with E-state index < -0.39 is 0 Å². The number of thioether (sulfide) groups is 1. The lowest BCUT2D eigenvalue weighted by atomic mass is 9.86. The molecule has 3 N–H and O–H groups in total. The van der Waals surface area contributed by atoms with E-state index in [1.165, 1.54) is 0 Å². The lowest BCUT2D eigenvalue weighted by molar-refractivity contribution is -0.117. The van der Waals surface area contributed by atoms with E-state index >= 15 is 0 Å². The van der Waals surface area contributed by atoms with Crippen LogP contribution in [0.5, 0.6) is 11.5 Å². The minimum Gasteiger partial charge on any atom is -0.457 e. The number of carbonyl (C=O) groups excluding carboxylic acids is 2. The van der Waals surface area contributed by atoms with Gasteiger partial charge in [-0.3, -0.25) is 14.6 Å². The SMILES string of the molecule is Cc1cc(Oc2ccccc2)ccc1N1C(=O)NC2=C(C(=O)N[C@@H]3CCN(C(C)C)C3)SC3NCCC1C23. The molecule has 0 radical (unpaired) electrons. The Bertz CT molecular complexity index is 1270. The fourth-order valence-corrected chi connectivity index (χ4v) is 7.51. The van der Waals surface area contributed by atoms with E-state index in [9.17, 15) is 9.59 Å². The fraction of sp³-hybridized carbons (Fsp3) is 0.448. The van der Waals surface area contributed by atoms with Gasteiger partial charge in [-0.2, -0.15) is 0 Å². The Labute approximate surface area is 228 Å². The van der Waals surface area contributed by atoms with Crippen molar-refractivity contribution in [2.75, 3.05) is 24.5 Å². The first-order valence-electron chi connectivity index (χ1n) is 13.5. The van der Waals surface area contributed by atoms with Crippen LogP contribution in [0.3, 0.4) is 0 Å². The summed E-state index contributed by atoms with van der Waals surface area (Å²) in [7, 11) is 0. The summed E-state index contributed by atoms with van der Waals surface area (Å²) in [5, 5.41) is 10.0. The van der Waals surface area contributed by atoms with Crippen molar-refractivity contribution >= 4 is 29.4 Å². The van der Waals surface area contributed by atoms with E-state index in [4.69, 9.17) is 4.74 Å². The minimum absolute atomic E-state index is 0.0229. The summed E-state index contributed by atoms with van der Waals surface area (Å²) < 4.78 is 6.01. The number of nitrogens with zero attached hydrogens (tertiary/aromatic N) is 2. The summed E-state index contributed by atoms with van der Waals surface area (Å²) in [6, 6.07) is 15.9. The predicted molar refractivity (Wildman–Crippen MR) is 150 cm³/mol. The van der Waals surface area contributed by atoms with Crippen LogP contribution in [0.1, 0.15) is 32.3 Å². The Morgan fingerprint density at radius 1 is 1.13 bits per heavy atom. The smallest absolute Gasteiger partial charge is 0.326 e. The van der Waals surface area contributed by atoms with Gasteiger partial charge in [0, 0.05) is 42.5 Å². The molecule has 3 saturated heterocycles. The topological polar surface area (TPSA) is 85.9 Å². The molecule has 4 aliphatic heterocycles. The Balaban J connectivity index is 1.23. The molecule has 9 heteroatoms. The average Bonchev–Trinajstić information content (AvgIpc) is 3.52. The number of amides is 3. The van der Waals surface area contributed by atoms with E-state index in [1.807, 2.05) is 60.4 Å². The van der Waals surface area contributed by atoms with Crippen molar-refractivity contribution in [1.29, 1.82) is 0 Å². The molecule has 8 nitrogen and oxygen atoms in total. The van der Waals surface area contributed by atoms with Crippen molar-refractivity contribution < 1.29 is 14.3 Å². The van der Waals surface area contributed by atoms with Gasteiger partial charge >= 0.3 is 6.03 Å². The molecule has 3 unspecified atom stereocenters. The van der Waals surface area contributed by atoms with Crippen molar-refractivity contribution in [2.45, 2.75) is 57.1 Å². The highest BCUT2D eigenvalue weighted by Gasteiger charge is 2.52. The maximum Gasteiger partial charge on any atom is 0.326 e. The zero-order chi connectivity index (χ0) is 26.4. The van der Waals surface area contributed by atoms with Crippen molar-refractivity contribution in [3.63, 3.8) is 0 Å². The third kappa shape index (κ3) is 4.67. The number of ether oxygens (including phenoxy) is 1. The minimum atomic E-state index is -0.179. The van der Waals surface area contributed by atoms with Gasteiger partial charge in [0.1, 0.15) is 11.5 Å². The van der Waals surface area contributed by atoms with Gasteiger partial charge in [0.25, 0.3) is 5.91 Å². The van der Waals surface area contributed by atoms with Crippen LogP contribution in [0.4, 0.5) is 10.5 Å². The third-order valence-electron chi connectivity index (χ3n) is 8.04. The second kappa shape index (κ2) is 10.3. The van der Waals surface area contributed by atoms with Crippen LogP contribution in [0.15, 0.2) is 59.1 Å². The lowest BCUT2D eigenvalue weighted by Gasteiger charge is -2.46. The number of para-hydroxylation sites is 1. The average molecular weight is 534 g/mol. The highest BCUT2D eigenvalue weighted by molar-refractivity contribution is 8.04. The number of hydrogen-bond donors (Lipinski definition) is 3. The largest absolute Gasteiger partial charge is 0.457 e. The molecule has 38 heavy (non-hydrogen) atoms. The highest BCUT2D eigenvalue weighted by atomic mass is 32.2. The van der Waals surface area contributed by atoms with Gasteiger partial charge < -0.3 is 20.7 Å². The standard InChI is InChI=1S/C29H35N5O3S/c1-17(2)33-14-12-19(16-33)31-27(35)26-25-24-23(11-13-30-28(24)38-26)34(29(36)32-25)22-10-9-21(15-18(22)3)37-20-7-5-4-6-8-20/h4-10,15,17,19,23-24,28,30H,11-14,16H2,1-3H3,(H,31,35)(H,32,36)/t19-,23?,24?,28?/m1/s1. The first-order chi connectivity index (χ1) is 18.4. The van der Waals surface area contributed by atoms with Crippen molar-refractivity contribution in [3.8, 4) is 11.5 Å². The van der Waals surface area contributed by atoms with Gasteiger partial charge in [-0.15, -0.1) is 0 Å². The van der Waals surface area contributed by atoms with Crippen LogP contribution in [0.25, 0.3) is 0 Å². The maximum atomic E-state index is 13.6. The van der Waals surface area contributed by atoms with Gasteiger partial charge in [-0.1, -0.05) is 30.0 Å². The molecule has 0 bridgehead atoms. The molecule has 200 valence electrons. The third-order valence-corrected chi connectivity index (χ3v) is 9.39. The Morgan fingerprint density at radius 2 is 1.95 bits per heavy atom. The van der Waals surface area contributed by atoms with Crippen LogP contribution < -0.4 is 25.6 Å². The Morgan fingerprint density at radius 3 is 2.68 bits per heavy atom. The first kappa shape index (κ1) is 25.3. The first-order valence-corrected chi connectivity index (χ1v) is 14.4. The van der Waals surface area contributed by atoms with Gasteiger partial charge in [-0.25, -0.2) is 4.79 Å². The van der Waals surface area contributed by atoms with Gasteiger partial charge in [0.05, 0.1) is 16.3 Å². The van der Waals surface area contributed by atoms with Crippen LogP contribution in [-0.2, 0) is 4.79 Å². The number of carbonyl (C=O) groups is 2. The molecule has 0 saturated carbocycles. The number of benzene rings is 2. The summed E-state index contributed by atoms with van der Waals surface area (Å²) in [4.78, 5) is 31.9. The molecular formula is C29H35N5O3S. The molecule has 0 spiro atoms. The molecular weight excluding hydrogens is 498 g/mol. The number of anilines is 1. The normalized spacial score (nSPS) is 26.9. The molecule has 0 aromatic heterocycles. The van der Waals surface area contributed by atoms with Gasteiger partial charge in [-0.05, 0) is 76.1 Å². The van der Waals surface area contributed by atoms with E-state index in [2.05, 4.69) is 34.7 Å². The van der Waals surface area contributed by atoms with Crippen LogP contribution in [0, 0.1) is 12.8 Å². The summed E-state index contributed by atoms with van der Waals surface area (Å²) in [5.41, 5.74) is 2.61. The number of hydrogen-bond acceptors (Lipinski definition) is 6. The molecule has 4 atom stereocenters. The summed E-state index contributed by atoms with van der Waals surface area (Å²) >= 11 is 1.56. The molecule has 4 heterocycles.